The number of amides is 1. The predicted octanol–water partition coefficient (Wildman–Crippen LogP) is 1.12. The molecule has 4 heteroatoms. The van der Waals surface area contributed by atoms with Crippen LogP contribution in [0.2, 0.25) is 0 Å². The van der Waals surface area contributed by atoms with Crippen molar-refractivity contribution in [1.29, 1.82) is 5.26 Å². The number of nitrogens with zero attached hydrogens (tertiary/aromatic N) is 2. The summed E-state index contributed by atoms with van der Waals surface area (Å²) >= 11 is 0. The molecule has 0 spiro atoms. The Morgan fingerprint density at radius 3 is 2.53 bits per heavy atom. The number of hydrogen-bond acceptors (Lipinski definition) is 3. The lowest BCUT2D eigenvalue weighted by Crippen LogP contribution is -2.44. The van der Waals surface area contributed by atoms with E-state index in [1.807, 2.05) is 26.8 Å². The topological polar surface area (TPSA) is 70.1 Å². The molecule has 0 saturated carbocycles. The Kier molecular flexibility index (Phi) is 6.72. The molecule has 0 aliphatic rings. The maximum atomic E-state index is 11.8. The number of nitriles is 1. The number of nitrogens with two attached hydrogens (primary N) is 1. The minimum absolute atomic E-state index is 0.0403. The van der Waals surface area contributed by atoms with Gasteiger partial charge in [-0.25, -0.2) is 0 Å². The van der Waals surface area contributed by atoms with Gasteiger partial charge in [0.1, 0.15) is 0 Å². The van der Waals surface area contributed by atoms with Crippen molar-refractivity contribution in [3.05, 3.63) is 0 Å². The van der Waals surface area contributed by atoms with E-state index in [2.05, 4.69) is 0 Å². The monoisotopic (exact) mass is 211 g/mol. The Bertz CT molecular complexity index is 232. The Balaban J connectivity index is 4.19. The summed E-state index contributed by atoms with van der Waals surface area (Å²) in [7, 11) is 0. The van der Waals surface area contributed by atoms with Crippen LogP contribution in [0.25, 0.3) is 0 Å². The standard InChI is InChI=1S/C11H21N3O/c1-4-14(7-5-6-12)11(15)10(13)8-9(2)3/h9-10H,4-5,7-8,13H2,1-3H3/t10-/m1/s1. The molecule has 15 heavy (non-hydrogen) atoms. The Morgan fingerprint density at radius 2 is 2.13 bits per heavy atom. The van der Waals surface area contributed by atoms with E-state index in [0.29, 0.717) is 31.8 Å². The fraction of sp³-hybridized carbons (Fsp3) is 0.818. The highest BCUT2D eigenvalue weighted by Crippen LogP contribution is 2.06. The lowest BCUT2D eigenvalue weighted by atomic mass is 10.0. The summed E-state index contributed by atoms with van der Waals surface area (Å²) in [5.41, 5.74) is 5.79. The summed E-state index contributed by atoms with van der Waals surface area (Å²) < 4.78 is 0. The Labute approximate surface area is 92.0 Å². The zero-order valence-corrected chi connectivity index (χ0v) is 9.86. The molecule has 0 heterocycles. The first-order chi connectivity index (χ1) is 7.02. The van der Waals surface area contributed by atoms with Gasteiger partial charge in [0, 0.05) is 13.1 Å². The normalized spacial score (nSPS) is 12.3. The van der Waals surface area contributed by atoms with E-state index >= 15 is 0 Å². The minimum Gasteiger partial charge on any atom is -0.341 e. The molecule has 2 N–H and O–H groups in total. The molecule has 0 saturated heterocycles. The first-order valence-corrected chi connectivity index (χ1v) is 5.44. The van der Waals surface area contributed by atoms with Crippen LogP contribution in [0.15, 0.2) is 0 Å². The first-order valence-electron chi connectivity index (χ1n) is 5.44. The van der Waals surface area contributed by atoms with Crippen molar-refractivity contribution >= 4 is 5.91 Å². The number of rotatable bonds is 6. The molecule has 0 fully saturated rings. The summed E-state index contributed by atoms with van der Waals surface area (Å²) in [5.74, 6) is 0.375. The highest BCUT2D eigenvalue weighted by molar-refractivity contribution is 5.81. The van der Waals surface area contributed by atoms with Gasteiger partial charge in [0.25, 0.3) is 0 Å². The molecule has 0 radical (unpaired) electrons. The smallest absolute Gasteiger partial charge is 0.239 e. The molecular formula is C11H21N3O. The second-order valence-electron chi connectivity index (χ2n) is 4.06. The average molecular weight is 211 g/mol. The van der Waals surface area contributed by atoms with Gasteiger partial charge in [-0.3, -0.25) is 4.79 Å². The summed E-state index contributed by atoms with van der Waals surface area (Å²) in [4.78, 5) is 13.5. The number of carbonyl (C=O) groups excluding carboxylic acids is 1. The maximum absolute atomic E-state index is 11.8. The SMILES string of the molecule is CCN(CCC#N)C(=O)[C@H](N)CC(C)C. The zero-order chi connectivity index (χ0) is 11.8. The highest BCUT2D eigenvalue weighted by atomic mass is 16.2. The summed E-state index contributed by atoms with van der Waals surface area (Å²) in [6.45, 7) is 7.08. The van der Waals surface area contributed by atoms with E-state index in [-0.39, 0.29) is 5.91 Å². The van der Waals surface area contributed by atoms with Crippen LogP contribution in [0.4, 0.5) is 0 Å². The summed E-state index contributed by atoms with van der Waals surface area (Å²) in [6, 6.07) is 1.61. The molecule has 86 valence electrons. The third-order valence-corrected chi connectivity index (χ3v) is 2.23. The fourth-order valence-corrected chi connectivity index (χ4v) is 1.45. The highest BCUT2D eigenvalue weighted by Gasteiger charge is 2.20. The van der Waals surface area contributed by atoms with E-state index in [1.165, 1.54) is 0 Å². The van der Waals surface area contributed by atoms with Crippen molar-refractivity contribution in [3.8, 4) is 6.07 Å². The molecular weight excluding hydrogens is 190 g/mol. The molecule has 1 amide bonds. The summed E-state index contributed by atoms with van der Waals surface area (Å²) in [5, 5.41) is 8.46. The first kappa shape index (κ1) is 13.9. The van der Waals surface area contributed by atoms with Gasteiger partial charge >= 0.3 is 0 Å². The molecule has 4 nitrogen and oxygen atoms in total. The van der Waals surface area contributed by atoms with Crippen molar-refractivity contribution in [3.63, 3.8) is 0 Å². The van der Waals surface area contributed by atoms with Gasteiger partial charge in [0.05, 0.1) is 18.5 Å². The van der Waals surface area contributed by atoms with Gasteiger partial charge in [-0.05, 0) is 19.3 Å². The molecule has 0 bridgehead atoms. The van der Waals surface area contributed by atoms with E-state index in [1.54, 1.807) is 4.90 Å². The Hall–Kier alpha value is -1.08. The van der Waals surface area contributed by atoms with E-state index in [0.717, 1.165) is 0 Å². The molecule has 0 unspecified atom stereocenters. The van der Waals surface area contributed by atoms with Gasteiger partial charge in [-0.2, -0.15) is 5.26 Å². The van der Waals surface area contributed by atoms with E-state index in [4.69, 9.17) is 11.0 Å². The van der Waals surface area contributed by atoms with Crippen molar-refractivity contribution in [2.75, 3.05) is 13.1 Å². The third kappa shape index (κ3) is 5.38. The van der Waals surface area contributed by atoms with Gasteiger partial charge in [0.2, 0.25) is 5.91 Å². The van der Waals surface area contributed by atoms with Crippen LogP contribution in [-0.2, 0) is 4.79 Å². The minimum atomic E-state index is -0.427. The molecule has 0 aliphatic heterocycles. The fourth-order valence-electron chi connectivity index (χ4n) is 1.45. The molecule has 1 atom stereocenters. The second-order valence-corrected chi connectivity index (χ2v) is 4.06. The van der Waals surface area contributed by atoms with Crippen LogP contribution < -0.4 is 5.73 Å². The van der Waals surface area contributed by atoms with Crippen molar-refractivity contribution < 1.29 is 4.79 Å². The van der Waals surface area contributed by atoms with Crippen molar-refractivity contribution in [2.24, 2.45) is 11.7 Å². The van der Waals surface area contributed by atoms with Crippen molar-refractivity contribution in [1.82, 2.24) is 4.90 Å². The van der Waals surface area contributed by atoms with Gasteiger partial charge in [-0.15, -0.1) is 0 Å². The van der Waals surface area contributed by atoms with E-state index in [9.17, 15) is 4.79 Å². The summed E-state index contributed by atoms with van der Waals surface area (Å²) in [6.07, 6.45) is 1.07. The van der Waals surface area contributed by atoms with Crippen LogP contribution in [0.1, 0.15) is 33.6 Å². The van der Waals surface area contributed by atoms with Crippen LogP contribution in [0.3, 0.4) is 0 Å². The Morgan fingerprint density at radius 1 is 1.53 bits per heavy atom. The van der Waals surface area contributed by atoms with Gasteiger partial charge < -0.3 is 10.6 Å². The van der Waals surface area contributed by atoms with Crippen LogP contribution in [-0.4, -0.2) is 29.9 Å². The predicted molar refractivity (Wildman–Crippen MR) is 59.9 cm³/mol. The second kappa shape index (κ2) is 7.24. The largest absolute Gasteiger partial charge is 0.341 e. The van der Waals surface area contributed by atoms with Crippen LogP contribution >= 0.6 is 0 Å². The third-order valence-electron chi connectivity index (χ3n) is 2.23. The number of carbonyl (C=O) groups is 1. The van der Waals surface area contributed by atoms with Crippen LogP contribution in [0, 0.1) is 17.2 Å². The molecule has 0 aliphatic carbocycles. The quantitative estimate of drug-likeness (QED) is 0.715. The maximum Gasteiger partial charge on any atom is 0.239 e. The van der Waals surface area contributed by atoms with Gasteiger partial charge in [0.15, 0.2) is 0 Å². The molecule has 0 aromatic carbocycles. The average Bonchev–Trinajstić information content (AvgIpc) is 2.17. The lowest BCUT2D eigenvalue weighted by Gasteiger charge is -2.24. The number of hydrogen-bond donors (Lipinski definition) is 1. The van der Waals surface area contributed by atoms with Crippen LogP contribution in [0.5, 0.6) is 0 Å². The lowest BCUT2D eigenvalue weighted by molar-refractivity contribution is -0.132. The van der Waals surface area contributed by atoms with Gasteiger partial charge in [-0.1, -0.05) is 13.8 Å². The van der Waals surface area contributed by atoms with E-state index < -0.39 is 6.04 Å². The molecule has 0 aromatic rings. The van der Waals surface area contributed by atoms with Crippen molar-refractivity contribution in [2.45, 2.75) is 39.7 Å². The zero-order valence-electron chi connectivity index (χ0n) is 9.86. The molecule has 0 rings (SSSR count). The number of likely N-dealkylation sites (N-methyl/N-ethyl adjacent to an activating group) is 1. The molecule has 0 aromatic heterocycles.